The van der Waals surface area contributed by atoms with Crippen LogP contribution in [0.25, 0.3) is 0 Å². The maximum absolute atomic E-state index is 9.08. The van der Waals surface area contributed by atoms with Gasteiger partial charge in [0.25, 0.3) is 0 Å². The molecule has 0 bridgehead atoms. The van der Waals surface area contributed by atoms with Crippen LogP contribution >= 0.6 is 11.3 Å². The van der Waals surface area contributed by atoms with E-state index in [-0.39, 0.29) is 18.2 Å². The second-order valence-electron chi connectivity index (χ2n) is 4.39. The van der Waals surface area contributed by atoms with Gasteiger partial charge in [-0.05, 0) is 42.7 Å². The van der Waals surface area contributed by atoms with Gasteiger partial charge in [-0.3, -0.25) is 0 Å². The maximum atomic E-state index is 9.08. The van der Waals surface area contributed by atoms with Gasteiger partial charge in [-0.1, -0.05) is 0 Å². The highest BCUT2D eigenvalue weighted by molar-refractivity contribution is 7.07. The topological polar surface area (TPSA) is 41.5 Å². The molecule has 0 saturated carbocycles. The second kappa shape index (κ2) is 6.35. The molecule has 3 nitrogen and oxygen atoms in total. The first-order valence-corrected chi connectivity index (χ1v) is 6.45. The fourth-order valence-corrected chi connectivity index (χ4v) is 2.63. The standard InChI is InChI=1S/C12H21NO2S/c1-10(11-4-7-16-8-11)13-12(2,5-6-14)9-15-3/h4,7-8,10,13-14H,5-6,9H2,1-3H3. The van der Waals surface area contributed by atoms with E-state index in [0.717, 1.165) is 0 Å². The minimum Gasteiger partial charge on any atom is -0.396 e. The third-order valence-electron chi connectivity index (χ3n) is 2.73. The predicted molar refractivity (Wildman–Crippen MR) is 67.9 cm³/mol. The molecule has 1 heterocycles. The Kier molecular flexibility index (Phi) is 5.41. The van der Waals surface area contributed by atoms with Crippen molar-refractivity contribution >= 4 is 11.3 Å². The number of ether oxygens (including phenoxy) is 1. The Morgan fingerprint density at radius 1 is 1.62 bits per heavy atom. The highest BCUT2D eigenvalue weighted by Crippen LogP contribution is 2.20. The molecule has 0 saturated heterocycles. The summed E-state index contributed by atoms with van der Waals surface area (Å²) in [6.07, 6.45) is 0.690. The number of aliphatic hydroxyl groups excluding tert-OH is 1. The normalized spacial score (nSPS) is 17.0. The Morgan fingerprint density at radius 2 is 2.38 bits per heavy atom. The van der Waals surface area contributed by atoms with E-state index in [1.165, 1.54) is 5.56 Å². The molecule has 2 N–H and O–H groups in total. The summed E-state index contributed by atoms with van der Waals surface area (Å²) in [5.74, 6) is 0. The van der Waals surface area contributed by atoms with Crippen molar-refractivity contribution in [2.24, 2.45) is 0 Å². The first-order valence-electron chi connectivity index (χ1n) is 5.51. The van der Waals surface area contributed by atoms with Gasteiger partial charge >= 0.3 is 0 Å². The van der Waals surface area contributed by atoms with E-state index in [9.17, 15) is 0 Å². The molecule has 0 amide bonds. The summed E-state index contributed by atoms with van der Waals surface area (Å²) in [6.45, 7) is 4.98. The van der Waals surface area contributed by atoms with Gasteiger partial charge in [0.1, 0.15) is 0 Å². The maximum Gasteiger partial charge on any atom is 0.0642 e. The summed E-state index contributed by atoms with van der Waals surface area (Å²) in [6, 6.07) is 2.40. The Labute approximate surface area is 101 Å². The first-order chi connectivity index (χ1) is 7.61. The van der Waals surface area contributed by atoms with Crippen LogP contribution in [0.1, 0.15) is 31.9 Å². The fraction of sp³-hybridized carbons (Fsp3) is 0.667. The molecular weight excluding hydrogens is 222 g/mol. The number of aliphatic hydroxyl groups is 1. The van der Waals surface area contributed by atoms with E-state index in [1.54, 1.807) is 18.4 Å². The van der Waals surface area contributed by atoms with Gasteiger partial charge in [0.05, 0.1) is 6.61 Å². The minimum absolute atomic E-state index is 0.170. The Balaban J connectivity index is 2.60. The molecule has 0 aliphatic heterocycles. The van der Waals surface area contributed by atoms with Crippen molar-refractivity contribution in [1.82, 2.24) is 5.32 Å². The van der Waals surface area contributed by atoms with Gasteiger partial charge in [-0.2, -0.15) is 11.3 Å². The highest BCUT2D eigenvalue weighted by atomic mass is 32.1. The van der Waals surface area contributed by atoms with Gasteiger partial charge in [-0.25, -0.2) is 0 Å². The summed E-state index contributed by atoms with van der Waals surface area (Å²) in [7, 11) is 1.69. The number of nitrogens with one attached hydrogen (secondary N) is 1. The van der Waals surface area contributed by atoms with E-state index in [1.807, 2.05) is 0 Å². The van der Waals surface area contributed by atoms with Crippen LogP contribution in [0.2, 0.25) is 0 Å². The molecule has 0 aromatic carbocycles. The molecule has 0 spiro atoms. The van der Waals surface area contributed by atoms with E-state index in [2.05, 4.69) is 36.0 Å². The molecule has 0 radical (unpaired) electrons. The quantitative estimate of drug-likeness (QED) is 0.771. The molecule has 0 fully saturated rings. The highest BCUT2D eigenvalue weighted by Gasteiger charge is 2.25. The minimum atomic E-state index is -0.176. The summed E-state index contributed by atoms with van der Waals surface area (Å²) in [5.41, 5.74) is 1.11. The van der Waals surface area contributed by atoms with Crippen LogP contribution in [0.3, 0.4) is 0 Å². The van der Waals surface area contributed by atoms with E-state index in [0.29, 0.717) is 13.0 Å². The molecule has 1 aromatic heterocycles. The van der Waals surface area contributed by atoms with Gasteiger partial charge in [0, 0.05) is 25.3 Å². The van der Waals surface area contributed by atoms with Crippen LogP contribution in [-0.4, -0.2) is 31.0 Å². The molecule has 1 aromatic rings. The third kappa shape index (κ3) is 3.87. The number of methoxy groups -OCH3 is 1. The lowest BCUT2D eigenvalue weighted by Gasteiger charge is -2.33. The number of hydrogen-bond donors (Lipinski definition) is 2. The first kappa shape index (κ1) is 13.6. The number of hydrogen-bond acceptors (Lipinski definition) is 4. The second-order valence-corrected chi connectivity index (χ2v) is 5.17. The van der Waals surface area contributed by atoms with Gasteiger partial charge in [0.2, 0.25) is 0 Å². The van der Waals surface area contributed by atoms with Crippen molar-refractivity contribution in [3.8, 4) is 0 Å². The van der Waals surface area contributed by atoms with Crippen LogP contribution in [0, 0.1) is 0 Å². The average molecular weight is 243 g/mol. The van der Waals surface area contributed by atoms with Gasteiger partial charge < -0.3 is 15.2 Å². The molecule has 1 rings (SSSR count). The summed E-state index contributed by atoms with van der Waals surface area (Å²) in [4.78, 5) is 0. The molecule has 2 unspecified atom stereocenters. The molecular formula is C12H21NO2S. The Hall–Kier alpha value is -0.420. The number of thiophene rings is 1. The molecule has 0 aliphatic rings. The van der Waals surface area contributed by atoms with Crippen molar-refractivity contribution in [3.05, 3.63) is 22.4 Å². The smallest absolute Gasteiger partial charge is 0.0642 e. The van der Waals surface area contributed by atoms with Crippen molar-refractivity contribution in [3.63, 3.8) is 0 Å². The lowest BCUT2D eigenvalue weighted by molar-refractivity contribution is 0.0913. The van der Waals surface area contributed by atoms with Gasteiger partial charge in [-0.15, -0.1) is 0 Å². The molecule has 4 heteroatoms. The lowest BCUT2D eigenvalue weighted by Crippen LogP contribution is -2.48. The Bertz CT molecular complexity index is 281. The Morgan fingerprint density at radius 3 is 2.88 bits per heavy atom. The zero-order valence-electron chi connectivity index (χ0n) is 10.2. The summed E-state index contributed by atoms with van der Waals surface area (Å²) in [5, 5.41) is 16.8. The molecule has 0 aliphatic carbocycles. The van der Waals surface area contributed by atoms with Crippen LogP contribution < -0.4 is 5.32 Å². The third-order valence-corrected chi connectivity index (χ3v) is 3.44. The zero-order valence-corrected chi connectivity index (χ0v) is 11.0. The van der Waals surface area contributed by atoms with Crippen LogP contribution in [0.5, 0.6) is 0 Å². The van der Waals surface area contributed by atoms with Crippen molar-refractivity contribution in [1.29, 1.82) is 0 Å². The summed E-state index contributed by atoms with van der Waals surface area (Å²) < 4.78 is 5.21. The summed E-state index contributed by atoms with van der Waals surface area (Å²) >= 11 is 1.70. The van der Waals surface area contributed by atoms with E-state index in [4.69, 9.17) is 9.84 Å². The average Bonchev–Trinajstić information content (AvgIpc) is 2.70. The van der Waals surface area contributed by atoms with Crippen molar-refractivity contribution < 1.29 is 9.84 Å². The molecule has 16 heavy (non-hydrogen) atoms. The fourth-order valence-electron chi connectivity index (χ4n) is 1.88. The number of rotatable bonds is 7. The van der Waals surface area contributed by atoms with Crippen LogP contribution in [0.15, 0.2) is 16.8 Å². The van der Waals surface area contributed by atoms with Gasteiger partial charge in [0.15, 0.2) is 0 Å². The van der Waals surface area contributed by atoms with Crippen LogP contribution in [0.4, 0.5) is 0 Å². The van der Waals surface area contributed by atoms with Crippen molar-refractivity contribution in [2.45, 2.75) is 31.8 Å². The lowest BCUT2D eigenvalue weighted by atomic mass is 9.97. The van der Waals surface area contributed by atoms with E-state index >= 15 is 0 Å². The van der Waals surface area contributed by atoms with Crippen LogP contribution in [-0.2, 0) is 4.74 Å². The van der Waals surface area contributed by atoms with Crippen molar-refractivity contribution in [2.75, 3.05) is 20.3 Å². The monoisotopic (exact) mass is 243 g/mol. The predicted octanol–water partition coefficient (Wildman–Crippen LogP) is 2.19. The molecule has 2 atom stereocenters. The van der Waals surface area contributed by atoms with E-state index < -0.39 is 0 Å². The SMILES string of the molecule is COCC(C)(CCO)NC(C)c1ccsc1. The molecule has 92 valence electrons. The zero-order chi connectivity index (χ0) is 12.0. The largest absolute Gasteiger partial charge is 0.396 e.